The van der Waals surface area contributed by atoms with Gasteiger partial charge in [-0.2, -0.15) is 0 Å². The number of fused-ring (bicyclic) bond motifs is 1. The fourth-order valence-corrected chi connectivity index (χ4v) is 4.85. The van der Waals surface area contributed by atoms with Gasteiger partial charge in [-0.25, -0.2) is 0 Å². The summed E-state index contributed by atoms with van der Waals surface area (Å²) in [6.45, 7) is 2.44. The van der Waals surface area contributed by atoms with Crippen molar-refractivity contribution >= 4 is 34.1 Å². The molecule has 0 aromatic heterocycles. The topological polar surface area (TPSA) is 41.7 Å². The molecule has 4 rings (SSSR count). The fraction of sp³-hybridized carbons (Fsp3) is 0.214. The molecule has 0 radical (unpaired) electrons. The first-order valence-electron chi connectivity index (χ1n) is 11.2. The Bertz CT molecular complexity index is 1180. The molecule has 0 unspecified atom stereocenters. The van der Waals surface area contributed by atoms with Gasteiger partial charge in [0.15, 0.2) is 0 Å². The number of rotatable bonds is 10. The molecule has 0 atom stereocenters. The number of anilines is 2. The van der Waals surface area contributed by atoms with Crippen molar-refractivity contribution in [1.29, 1.82) is 0 Å². The predicted octanol–water partition coefficient (Wildman–Crippen LogP) is 6.47. The van der Waals surface area contributed by atoms with Crippen LogP contribution in [0.1, 0.15) is 12.0 Å². The molecule has 170 valence electrons. The summed E-state index contributed by atoms with van der Waals surface area (Å²) in [5.74, 6) is 0.944. The Morgan fingerprint density at radius 3 is 2.33 bits per heavy atom. The minimum Gasteiger partial charge on any atom is -0.493 e. The highest BCUT2D eigenvalue weighted by Gasteiger charge is 2.15. The largest absolute Gasteiger partial charge is 0.493 e. The first-order valence-corrected chi connectivity index (χ1v) is 12.0. The van der Waals surface area contributed by atoms with Crippen LogP contribution in [0, 0.1) is 0 Å². The number of ether oxygens (including phenoxy) is 1. The van der Waals surface area contributed by atoms with Gasteiger partial charge in [0.25, 0.3) is 0 Å². The van der Waals surface area contributed by atoms with E-state index in [4.69, 9.17) is 10.5 Å². The lowest BCUT2D eigenvalue weighted by Crippen LogP contribution is -2.17. The lowest BCUT2D eigenvalue weighted by Gasteiger charge is -2.25. The van der Waals surface area contributed by atoms with E-state index in [9.17, 15) is 0 Å². The van der Waals surface area contributed by atoms with Gasteiger partial charge in [-0.1, -0.05) is 60.7 Å². The van der Waals surface area contributed by atoms with Crippen LogP contribution in [0.5, 0.6) is 5.75 Å². The molecule has 2 N–H and O–H groups in total. The maximum atomic E-state index is 6.24. The summed E-state index contributed by atoms with van der Waals surface area (Å²) in [6, 6.07) is 31.3. The molecule has 0 aliphatic carbocycles. The Kier molecular flexibility index (Phi) is 7.76. The van der Waals surface area contributed by atoms with E-state index >= 15 is 0 Å². The summed E-state index contributed by atoms with van der Waals surface area (Å²) in [7, 11) is 4.17. The average molecular weight is 458 g/mol. The van der Waals surface area contributed by atoms with Crippen LogP contribution < -0.4 is 14.8 Å². The van der Waals surface area contributed by atoms with Crippen LogP contribution in [0.25, 0.3) is 10.8 Å². The number of benzene rings is 4. The van der Waals surface area contributed by atoms with Gasteiger partial charge in [0.05, 0.1) is 13.2 Å². The summed E-state index contributed by atoms with van der Waals surface area (Å²) in [4.78, 5) is 3.35. The first kappa shape index (κ1) is 23.0. The molecule has 4 nitrogen and oxygen atoms in total. The Morgan fingerprint density at radius 2 is 1.52 bits per heavy atom. The van der Waals surface area contributed by atoms with E-state index in [0.29, 0.717) is 6.61 Å². The van der Waals surface area contributed by atoms with Gasteiger partial charge in [-0.05, 0) is 68.2 Å². The van der Waals surface area contributed by atoms with Crippen molar-refractivity contribution in [2.24, 2.45) is 0 Å². The van der Waals surface area contributed by atoms with E-state index in [-0.39, 0.29) is 0 Å². The van der Waals surface area contributed by atoms with Crippen molar-refractivity contribution in [2.75, 3.05) is 37.3 Å². The molecule has 0 bridgehead atoms. The number of hydrogen-bond acceptors (Lipinski definition) is 5. The Morgan fingerprint density at radius 1 is 0.788 bits per heavy atom. The third-order valence-corrected chi connectivity index (χ3v) is 6.58. The molecule has 0 aliphatic heterocycles. The molecule has 5 heteroatoms. The van der Waals surface area contributed by atoms with Gasteiger partial charge in [-0.15, -0.1) is 0 Å². The molecule has 0 spiro atoms. The van der Waals surface area contributed by atoms with Crippen molar-refractivity contribution in [3.8, 4) is 5.75 Å². The molecule has 4 aromatic rings. The normalized spacial score (nSPS) is 11.1. The molecular formula is C28H31N3OS. The van der Waals surface area contributed by atoms with E-state index in [1.165, 1.54) is 10.5 Å². The molecular weight excluding hydrogens is 426 g/mol. The van der Waals surface area contributed by atoms with Crippen LogP contribution in [-0.2, 0) is 6.54 Å². The maximum Gasteiger partial charge on any atom is 0.124 e. The van der Waals surface area contributed by atoms with Crippen LogP contribution in [0.4, 0.5) is 11.4 Å². The standard InChI is InChI=1S/C28H31N3OS/c1-30(2)19-10-20-32-27-17-7-6-11-22(27)21-31(23-12-4-3-5-13-23)33-28-18-9-14-24-25(28)15-8-16-26(24)29/h3-9,11-18H,10,19-21,29H2,1-2H3. The van der Waals surface area contributed by atoms with Gasteiger partial charge >= 0.3 is 0 Å². The van der Waals surface area contributed by atoms with Gasteiger partial charge in [0.2, 0.25) is 0 Å². The van der Waals surface area contributed by atoms with E-state index in [2.05, 4.69) is 90.0 Å². The number of nitrogens with zero attached hydrogens (tertiary/aromatic N) is 2. The number of nitrogen functional groups attached to an aromatic ring is 1. The summed E-state index contributed by atoms with van der Waals surface area (Å²) in [6.07, 6.45) is 0.996. The second-order valence-electron chi connectivity index (χ2n) is 8.27. The second-order valence-corrected chi connectivity index (χ2v) is 9.34. The number of para-hydroxylation sites is 2. The van der Waals surface area contributed by atoms with Gasteiger partial charge < -0.3 is 19.7 Å². The summed E-state index contributed by atoms with van der Waals surface area (Å²) in [5, 5.41) is 2.25. The van der Waals surface area contributed by atoms with Crippen molar-refractivity contribution < 1.29 is 4.74 Å². The second kappa shape index (κ2) is 11.1. The average Bonchev–Trinajstić information content (AvgIpc) is 2.83. The molecule has 0 aliphatic rings. The van der Waals surface area contributed by atoms with E-state index in [1.807, 2.05) is 24.3 Å². The molecule has 0 amide bonds. The fourth-order valence-electron chi connectivity index (χ4n) is 3.77. The Labute approximate surface area is 201 Å². The van der Waals surface area contributed by atoms with Gasteiger partial charge in [0, 0.05) is 33.8 Å². The summed E-state index contributed by atoms with van der Waals surface area (Å²) < 4.78 is 8.50. The monoisotopic (exact) mass is 457 g/mol. The van der Waals surface area contributed by atoms with E-state index in [1.54, 1.807) is 11.9 Å². The van der Waals surface area contributed by atoms with Crippen molar-refractivity contribution in [3.63, 3.8) is 0 Å². The van der Waals surface area contributed by atoms with Gasteiger partial charge in [0.1, 0.15) is 5.75 Å². The molecule has 0 heterocycles. The molecule has 0 saturated heterocycles. The van der Waals surface area contributed by atoms with Crippen LogP contribution in [0.2, 0.25) is 0 Å². The molecule has 0 saturated carbocycles. The quantitative estimate of drug-likeness (QED) is 0.168. The van der Waals surface area contributed by atoms with Crippen LogP contribution in [0.3, 0.4) is 0 Å². The third-order valence-electron chi connectivity index (χ3n) is 5.46. The molecule has 0 fully saturated rings. The lowest BCUT2D eigenvalue weighted by molar-refractivity contribution is 0.279. The lowest BCUT2D eigenvalue weighted by atomic mass is 10.1. The SMILES string of the molecule is CN(C)CCCOc1ccccc1CN(Sc1cccc2c(N)cccc12)c1ccccc1. The van der Waals surface area contributed by atoms with Crippen molar-refractivity contribution in [2.45, 2.75) is 17.9 Å². The first-order chi connectivity index (χ1) is 16.1. The van der Waals surface area contributed by atoms with E-state index < -0.39 is 0 Å². The zero-order chi connectivity index (χ0) is 23.0. The number of hydrogen-bond donors (Lipinski definition) is 1. The minimum absolute atomic E-state index is 0.705. The summed E-state index contributed by atoms with van der Waals surface area (Å²) in [5.41, 5.74) is 9.36. The van der Waals surface area contributed by atoms with Crippen molar-refractivity contribution in [3.05, 3.63) is 96.6 Å². The van der Waals surface area contributed by atoms with Crippen LogP contribution in [0.15, 0.2) is 95.9 Å². The third kappa shape index (κ3) is 6.01. The molecule has 33 heavy (non-hydrogen) atoms. The van der Waals surface area contributed by atoms with Crippen molar-refractivity contribution in [1.82, 2.24) is 4.90 Å². The highest BCUT2D eigenvalue weighted by Crippen LogP contribution is 2.37. The zero-order valence-corrected chi connectivity index (χ0v) is 20.1. The summed E-state index contributed by atoms with van der Waals surface area (Å²) >= 11 is 1.73. The highest BCUT2D eigenvalue weighted by molar-refractivity contribution is 8.00. The highest BCUT2D eigenvalue weighted by atomic mass is 32.2. The minimum atomic E-state index is 0.705. The Hall–Kier alpha value is -3.15. The smallest absolute Gasteiger partial charge is 0.124 e. The maximum absolute atomic E-state index is 6.24. The number of nitrogens with two attached hydrogens (primary N) is 1. The molecule has 4 aromatic carbocycles. The van der Waals surface area contributed by atoms with E-state index in [0.717, 1.165) is 47.4 Å². The zero-order valence-electron chi connectivity index (χ0n) is 19.3. The predicted molar refractivity (Wildman–Crippen MR) is 142 cm³/mol. The van der Waals surface area contributed by atoms with Gasteiger partial charge in [-0.3, -0.25) is 0 Å². The Balaban J connectivity index is 1.61. The van der Waals surface area contributed by atoms with Crippen LogP contribution >= 0.6 is 11.9 Å². The van der Waals surface area contributed by atoms with Crippen LogP contribution in [-0.4, -0.2) is 32.1 Å².